The molecular formula is C17H22FNO2. The van der Waals surface area contributed by atoms with Crippen molar-refractivity contribution in [3.8, 4) is 0 Å². The zero-order valence-electron chi connectivity index (χ0n) is 12.3. The quantitative estimate of drug-likeness (QED) is 0.856. The van der Waals surface area contributed by atoms with Crippen LogP contribution in [0.2, 0.25) is 0 Å². The molecule has 0 bridgehead atoms. The van der Waals surface area contributed by atoms with Gasteiger partial charge in [0, 0.05) is 32.2 Å². The van der Waals surface area contributed by atoms with E-state index in [2.05, 4.69) is 0 Å². The van der Waals surface area contributed by atoms with Crippen molar-refractivity contribution in [3.05, 3.63) is 35.9 Å². The molecular weight excluding hydrogens is 269 g/mol. The van der Waals surface area contributed by atoms with Crippen LogP contribution in [0.15, 0.2) is 30.3 Å². The first kappa shape index (κ1) is 14.5. The van der Waals surface area contributed by atoms with E-state index in [1.54, 1.807) is 0 Å². The second-order valence-electron chi connectivity index (χ2n) is 6.12. The molecule has 1 aromatic rings. The van der Waals surface area contributed by atoms with Gasteiger partial charge in [0.1, 0.15) is 0 Å². The van der Waals surface area contributed by atoms with Gasteiger partial charge in [-0.2, -0.15) is 0 Å². The molecule has 2 saturated heterocycles. The normalized spacial score (nSPS) is 25.0. The van der Waals surface area contributed by atoms with Gasteiger partial charge in [0.2, 0.25) is 5.91 Å². The van der Waals surface area contributed by atoms with Gasteiger partial charge in [0.15, 0.2) is 0 Å². The fourth-order valence-electron chi connectivity index (χ4n) is 3.55. The minimum atomic E-state index is -0.481. The number of amides is 1. The largest absolute Gasteiger partial charge is 0.381 e. The Kier molecular flexibility index (Phi) is 4.24. The number of halogens is 1. The van der Waals surface area contributed by atoms with E-state index in [1.807, 2.05) is 35.2 Å². The average Bonchev–Trinajstić information content (AvgIpc) is 3.04. The minimum absolute atomic E-state index is 0.0154. The van der Waals surface area contributed by atoms with Crippen LogP contribution in [0.25, 0.3) is 0 Å². The van der Waals surface area contributed by atoms with Gasteiger partial charge < -0.3 is 9.64 Å². The van der Waals surface area contributed by atoms with Crippen LogP contribution in [0.5, 0.6) is 0 Å². The third kappa shape index (κ3) is 2.69. The van der Waals surface area contributed by atoms with Crippen molar-refractivity contribution in [3.63, 3.8) is 0 Å². The van der Waals surface area contributed by atoms with Crippen molar-refractivity contribution in [2.45, 2.75) is 24.7 Å². The zero-order valence-corrected chi connectivity index (χ0v) is 12.3. The standard InChI is InChI=1S/C17H22FNO2/c18-12-14-6-9-19(13-14)16(20)17(7-10-21-11-8-17)15-4-2-1-3-5-15/h1-5,14H,6-13H2. The molecule has 0 saturated carbocycles. The van der Waals surface area contributed by atoms with Gasteiger partial charge in [-0.25, -0.2) is 0 Å². The molecule has 3 nitrogen and oxygen atoms in total. The lowest BCUT2D eigenvalue weighted by atomic mass is 9.73. The van der Waals surface area contributed by atoms with Crippen molar-refractivity contribution in [2.24, 2.45) is 5.92 Å². The molecule has 0 spiro atoms. The van der Waals surface area contributed by atoms with Gasteiger partial charge >= 0.3 is 0 Å². The van der Waals surface area contributed by atoms with Gasteiger partial charge in [0.05, 0.1) is 12.1 Å². The summed E-state index contributed by atoms with van der Waals surface area (Å²) < 4.78 is 18.3. The molecule has 0 N–H and O–H groups in total. The molecule has 2 aliphatic rings. The van der Waals surface area contributed by atoms with Crippen molar-refractivity contribution < 1.29 is 13.9 Å². The predicted molar refractivity (Wildman–Crippen MR) is 78.8 cm³/mol. The van der Waals surface area contributed by atoms with Crippen LogP contribution in [0.4, 0.5) is 4.39 Å². The summed E-state index contributed by atoms with van der Waals surface area (Å²) in [5.74, 6) is 0.176. The summed E-state index contributed by atoms with van der Waals surface area (Å²) in [5.41, 5.74) is 0.590. The fraction of sp³-hybridized carbons (Fsp3) is 0.588. The van der Waals surface area contributed by atoms with Gasteiger partial charge in [-0.1, -0.05) is 30.3 Å². The third-order valence-electron chi connectivity index (χ3n) is 4.87. The molecule has 0 aromatic heterocycles. The highest BCUT2D eigenvalue weighted by Gasteiger charge is 2.45. The molecule has 3 rings (SSSR count). The Balaban J connectivity index is 1.87. The summed E-state index contributed by atoms with van der Waals surface area (Å²) >= 11 is 0. The zero-order chi connectivity index (χ0) is 14.7. The topological polar surface area (TPSA) is 29.5 Å². The van der Waals surface area contributed by atoms with Gasteiger partial charge in [-0.05, 0) is 24.8 Å². The Morgan fingerprint density at radius 2 is 2.00 bits per heavy atom. The molecule has 2 heterocycles. The van der Waals surface area contributed by atoms with Crippen molar-refractivity contribution in [1.29, 1.82) is 0 Å². The van der Waals surface area contributed by atoms with Gasteiger partial charge in [-0.15, -0.1) is 0 Å². The molecule has 1 unspecified atom stereocenters. The second-order valence-corrected chi connectivity index (χ2v) is 6.12. The number of alkyl halides is 1. The first-order chi connectivity index (χ1) is 10.3. The third-order valence-corrected chi connectivity index (χ3v) is 4.87. The van der Waals surface area contributed by atoms with Crippen LogP contribution in [0.1, 0.15) is 24.8 Å². The van der Waals surface area contributed by atoms with Gasteiger partial charge in [-0.3, -0.25) is 9.18 Å². The number of likely N-dealkylation sites (tertiary alicyclic amines) is 1. The molecule has 1 amide bonds. The molecule has 21 heavy (non-hydrogen) atoms. The van der Waals surface area contributed by atoms with Crippen LogP contribution in [0, 0.1) is 5.92 Å². The molecule has 4 heteroatoms. The van der Waals surface area contributed by atoms with E-state index in [9.17, 15) is 9.18 Å². The van der Waals surface area contributed by atoms with Crippen LogP contribution < -0.4 is 0 Å². The number of ether oxygens (including phenoxy) is 1. The van der Waals surface area contributed by atoms with Crippen LogP contribution in [0.3, 0.4) is 0 Å². The Bertz CT molecular complexity index is 485. The lowest BCUT2D eigenvalue weighted by molar-refractivity contribution is -0.140. The number of benzene rings is 1. The van der Waals surface area contributed by atoms with Gasteiger partial charge in [0.25, 0.3) is 0 Å². The first-order valence-corrected chi connectivity index (χ1v) is 7.75. The summed E-state index contributed by atoms with van der Waals surface area (Å²) in [6.07, 6.45) is 2.21. The van der Waals surface area contributed by atoms with E-state index in [1.165, 1.54) is 0 Å². The van der Waals surface area contributed by atoms with Crippen LogP contribution in [-0.2, 0) is 14.9 Å². The van der Waals surface area contributed by atoms with Crippen molar-refractivity contribution in [2.75, 3.05) is 33.0 Å². The van der Waals surface area contributed by atoms with E-state index < -0.39 is 5.41 Å². The maximum atomic E-state index is 13.1. The maximum Gasteiger partial charge on any atom is 0.233 e. The first-order valence-electron chi connectivity index (χ1n) is 7.75. The summed E-state index contributed by atoms with van der Waals surface area (Å²) in [4.78, 5) is 15.0. The Labute approximate surface area is 125 Å². The molecule has 1 aromatic carbocycles. The Hall–Kier alpha value is -1.42. The highest BCUT2D eigenvalue weighted by Crippen LogP contribution is 2.38. The fourth-order valence-corrected chi connectivity index (χ4v) is 3.55. The number of hydrogen-bond acceptors (Lipinski definition) is 2. The molecule has 2 aliphatic heterocycles. The summed E-state index contributed by atoms with van der Waals surface area (Å²) in [7, 11) is 0. The van der Waals surface area contributed by atoms with Crippen LogP contribution in [-0.4, -0.2) is 43.8 Å². The number of rotatable bonds is 3. The lowest BCUT2D eigenvalue weighted by Crippen LogP contribution is -2.49. The number of nitrogens with zero attached hydrogens (tertiary/aromatic N) is 1. The SMILES string of the molecule is O=C(N1CCC(CF)C1)C1(c2ccccc2)CCOCC1. The van der Waals surface area contributed by atoms with Crippen molar-refractivity contribution >= 4 is 5.91 Å². The molecule has 114 valence electrons. The smallest absolute Gasteiger partial charge is 0.233 e. The highest BCUT2D eigenvalue weighted by atomic mass is 19.1. The lowest BCUT2D eigenvalue weighted by Gasteiger charge is -2.39. The van der Waals surface area contributed by atoms with E-state index in [-0.39, 0.29) is 18.5 Å². The molecule has 2 fully saturated rings. The van der Waals surface area contributed by atoms with E-state index in [0.717, 1.165) is 12.0 Å². The average molecular weight is 291 g/mol. The Morgan fingerprint density at radius 1 is 1.29 bits per heavy atom. The highest BCUT2D eigenvalue weighted by molar-refractivity contribution is 5.88. The number of carbonyl (C=O) groups is 1. The molecule has 0 aliphatic carbocycles. The van der Waals surface area contributed by atoms with E-state index >= 15 is 0 Å². The maximum absolute atomic E-state index is 13.1. The van der Waals surface area contributed by atoms with E-state index in [4.69, 9.17) is 4.74 Å². The summed E-state index contributed by atoms with van der Waals surface area (Å²) in [6, 6.07) is 10.00. The van der Waals surface area contributed by atoms with Crippen molar-refractivity contribution in [1.82, 2.24) is 4.90 Å². The molecule has 0 radical (unpaired) electrons. The predicted octanol–water partition coefficient (Wildman–Crippen LogP) is 2.55. The Morgan fingerprint density at radius 3 is 2.62 bits per heavy atom. The van der Waals surface area contributed by atoms with Crippen LogP contribution >= 0.6 is 0 Å². The number of hydrogen-bond donors (Lipinski definition) is 0. The monoisotopic (exact) mass is 291 g/mol. The summed E-state index contributed by atoms with van der Waals surface area (Å²) in [5, 5.41) is 0. The second kappa shape index (κ2) is 6.14. The number of carbonyl (C=O) groups excluding carboxylic acids is 1. The minimum Gasteiger partial charge on any atom is -0.381 e. The molecule has 1 atom stereocenters. The summed E-state index contributed by atoms with van der Waals surface area (Å²) in [6.45, 7) is 2.14. The van der Waals surface area contributed by atoms with E-state index in [0.29, 0.717) is 39.1 Å².